The summed E-state index contributed by atoms with van der Waals surface area (Å²) in [4.78, 5) is 38.0. The van der Waals surface area contributed by atoms with Gasteiger partial charge in [-0.3, -0.25) is 14.5 Å². The van der Waals surface area contributed by atoms with Gasteiger partial charge in [-0.15, -0.1) is 0 Å². The van der Waals surface area contributed by atoms with Crippen molar-refractivity contribution in [2.45, 2.75) is 13.5 Å². The lowest BCUT2D eigenvalue weighted by Crippen LogP contribution is -3.09. The molecule has 0 bridgehead atoms. The minimum Gasteiger partial charge on any atom is -0.316 e. The molecule has 0 aliphatic carbocycles. The minimum absolute atomic E-state index is 0.0945. The van der Waals surface area contributed by atoms with Crippen molar-refractivity contribution < 1.29 is 23.7 Å². The van der Waals surface area contributed by atoms with E-state index in [1.54, 1.807) is 26.1 Å². The van der Waals surface area contributed by atoms with E-state index in [-0.39, 0.29) is 19.0 Å². The largest absolute Gasteiger partial charge is 0.338 e. The predicted octanol–water partition coefficient (Wildman–Crippen LogP) is -0.391. The zero-order valence-corrected chi connectivity index (χ0v) is 11.9. The number of nitrogens with zero attached hydrogens (tertiary/aromatic N) is 2. The van der Waals surface area contributed by atoms with Crippen LogP contribution in [0.15, 0.2) is 24.3 Å². The fourth-order valence-electron chi connectivity index (χ4n) is 2.25. The maximum Gasteiger partial charge on any atom is 0.338 e. The van der Waals surface area contributed by atoms with Gasteiger partial charge in [0, 0.05) is 12.1 Å². The Hall–Kier alpha value is -2.28. The third-order valence-corrected chi connectivity index (χ3v) is 3.30. The number of nitrogens with one attached hydrogen (secondary N) is 1. The van der Waals surface area contributed by atoms with Gasteiger partial charge >= 0.3 is 17.8 Å². The number of rotatable bonds is 5. The van der Waals surface area contributed by atoms with Gasteiger partial charge in [0.2, 0.25) is 0 Å². The van der Waals surface area contributed by atoms with Crippen molar-refractivity contribution in [2.75, 3.05) is 20.3 Å². The van der Waals surface area contributed by atoms with Crippen LogP contribution in [0.3, 0.4) is 0 Å². The molecular weight excluding hydrogens is 277 g/mol. The Balaban J connectivity index is 2.01. The van der Waals surface area contributed by atoms with Crippen LogP contribution < -0.4 is 4.90 Å². The van der Waals surface area contributed by atoms with Gasteiger partial charge in [-0.05, 0) is 19.1 Å². The van der Waals surface area contributed by atoms with Gasteiger partial charge in [-0.25, -0.2) is 14.1 Å². The molecule has 21 heavy (non-hydrogen) atoms. The van der Waals surface area contributed by atoms with Crippen LogP contribution in [0.25, 0.3) is 0 Å². The standard InChI is InChI=1S/C14H16FN3O3/c1-3-17-12(19)13(20)18(14(17)21)9-16(2)8-10-4-6-11(15)7-5-10/h4-7H,3,8-9H2,1-2H3/p+1. The van der Waals surface area contributed by atoms with E-state index < -0.39 is 17.8 Å². The van der Waals surface area contributed by atoms with Crippen molar-refractivity contribution in [1.29, 1.82) is 0 Å². The molecule has 0 saturated carbocycles. The zero-order valence-electron chi connectivity index (χ0n) is 11.9. The van der Waals surface area contributed by atoms with Crippen molar-refractivity contribution in [2.24, 2.45) is 0 Å². The molecule has 0 radical (unpaired) electrons. The number of amides is 4. The van der Waals surface area contributed by atoms with E-state index in [1.807, 2.05) is 0 Å². The zero-order chi connectivity index (χ0) is 15.6. The third-order valence-electron chi connectivity index (χ3n) is 3.30. The smallest absolute Gasteiger partial charge is 0.316 e. The molecule has 1 saturated heterocycles. The number of likely N-dealkylation sites (N-methyl/N-ethyl adjacent to an activating group) is 1. The summed E-state index contributed by atoms with van der Waals surface area (Å²) in [5.41, 5.74) is 0.881. The van der Waals surface area contributed by atoms with Gasteiger partial charge in [-0.2, -0.15) is 0 Å². The molecule has 1 N–H and O–H groups in total. The highest BCUT2D eigenvalue weighted by Crippen LogP contribution is 2.09. The first-order chi connectivity index (χ1) is 9.93. The molecular formula is C14H17FN3O3+. The number of carbonyl (C=O) groups is 3. The number of imide groups is 2. The van der Waals surface area contributed by atoms with Gasteiger partial charge < -0.3 is 4.90 Å². The molecule has 1 unspecified atom stereocenters. The highest BCUT2D eigenvalue weighted by Gasteiger charge is 2.44. The van der Waals surface area contributed by atoms with Crippen LogP contribution in [0.5, 0.6) is 0 Å². The Kier molecular flexibility index (Phi) is 4.32. The quantitative estimate of drug-likeness (QED) is 0.594. The van der Waals surface area contributed by atoms with Gasteiger partial charge in [0.25, 0.3) is 0 Å². The summed E-state index contributed by atoms with van der Waals surface area (Å²) in [7, 11) is 1.79. The molecule has 1 fully saturated rings. The Labute approximate surface area is 121 Å². The average Bonchev–Trinajstić information content (AvgIpc) is 2.65. The maximum absolute atomic E-state index is 12.8. The van der Waals surface area contributed by atoms with Gasteiger partial charge in [0.1, 0.15) is 12.4 Å². The maximum atomic E-state index is 12.8. The number of carbonyl (C=O) groups excluding carboxylic acids is 3. The number of urea groups is 1. The number of hydrogen-bond donors (Lipinski definition) is 1. The van der Waals surface area contributed by atoms with E-state index >= 15 is 0 Å². The van der Waals surface area contributed by atoms with Crippen molar-refractivity contribution in [3.05, 3.63) is 35.6 Å². The van der Waals surface area contributed by atoms with Crippen LogP contribution >= 0.6 is 0 Å². The molecule has 7 heteroatoms. The van der Waals surface area contributed by atoms with Crippen molar-refractivity contribution in [1.82, 2.24) is 9.80 Å². The van der Waals surface area contributed by atoms with Crippen LogP contribution in [0.2, 0.25) is 0 Å². The summed E-state index contributed by atoms with van der Waals surface area (Å²) in [6.07, 6.45) is 0. The first-order valence-corrected chi connectivity index (χ1v) is 6.67. The van der Waals surface area contributed by atoms with Crippen LogP contribution in [-0.2, 0) is 16.1 Å². The lowest BCUT2D eigenvalue weighted by atomic mass is 10.2. The number of hydrogen-bond acceptors (Lipinski definition) is 3. The Morgan fingerprint density at radius 1 is 1.05 bits per heavy atom. The minimum atomic E-state index is -0.791. The average molecular weight is 294 g/mol. The van der Waals surface area contributed by atoms with Crippen LogP contribution in [0.1, 0.15) is 12.5 Å². The van der Waals surface area contributed by atoms with Gasteiger partial charge in [0.05, 0.1) is 7.05 Å². The molecule has 1 aliphatic heterocycles. The lowest BCUT2D eigenvalue weighted by Gasteiger charge is -2.19. The van der Waals surface area contributed by atoms with Gasteiger partial charge in [-0.1, -0.05) is 12.1 Å². The summed E-state index contributed by atoms with van der Waals surface area (Å²) < 4.78 is 12.8. The number of halogens is 1. The molecule has 1 aromatic rings. The van der Waals surface area contributed by atoms with Crippen LogP contribution in [0.4, 0.5) is 9.18 Å². The number of benzene rings is 1. The highest BCUT2D eigenvalue weighted by atomic mass is 19.1. The first kappa shape index (κ1) is 15.1. The number of quaternary nitrogens is 1. The van der Waals surface area contributed by atoms with Crippen molar-refractivity contribution >= 4 is 17.8 Å². The lowest BCUT2D eigenvalue weighted by molar-refractivity contribution is -0.901. The molecule has 1 atom stereocenters. The normalized spacial score (nSPS) is 16.8. The summed E-state index contributed by atoms with van der Waals surface area (Å²) in [5.74, 6) is -1.89. The Bertz CT molecular complexity index is 573. The molecule has 1 heterocycles. The molecule has 4 amide bonds. The fourth-order valence-corrected chi connectivity index (χ4v) is 2.25. The van der Waals surface area contributed by atoms with E-state index in [9.17, 15) is 18.8 Å². The SMILES string of the molecule is CCN1C(=O)C(=O)N(C[NH+](C)Cc2ccc(F)cc2)C1=O. The second-order valence-corrected chi connectivity index (χ2v) is 4.98. The third kappa shape index (κ3) is 3.08. The van der Waals surface area contributed by atoms with E-state index in [1.165, 1.54) is 12.1 Å². The first-order valence-electron chi connectivity index (χ1n) is 6.67. The van der Waals surface area contributed by atoms with E-state index in [2.05, 4.69) is 0 Å². The van der Waals surface area contributed by atoms with Crippen molar-refractivity contribution in [3.63, 3.8) is 0 Å². The topological polar surface area (TPSA) is 62.1 Å². The van der Waals surface area contributed by atoms with E-state index in [0.29, 0.717) is 6.54 Å². The molecule has 2 rings (SSSR count). The summed E-state index contributed by atoms with van der Waals surface area (Å²) in [5, 5.41) is 0. The molecule has 0 spiro atoms. The summed E-state index contributed by atoms with van der Waals surface area (Å²) in [6.45, 7) is 2.42. The predicted molar refractivity (Wildman–Crippen MR) is 71.5 cm³/mol. The van der Waals surface area contributed by atoms with E-state index in [0.717, 1.165) is 20.3 Å². The molecule has 112 valence electrons. The monoisotopic (exact) mass is 294 g/mol. The molecule has 6 nitrogen and oxygen atoms in total. The second-order valence-electron chi connectivity index (χ2n) is 4.98. The molecule has 0 aromatic heterocycles. The summed E-state index contributed by atoms with van der Waals surface area (Å²) in [6, 6.07) is 5.44. The van der Waals surface area contributed by atoms with Crippen LogP contribution in [-0.4, -0.2) is 47.9 Å². The molecule has 1 aromatic carbocycles. The Morgan fingerprint density at radius 3 is 2.14 bits per heavy atom. The fraction of sp³-hybridized carbons (Fsp3) is 0.357. The summed E-state index contributed by atoms with van der Waals surface area (Å²) >= 11 is 0. The molecule has 1 aliphatic rings. The van der Waals surface area contributed by atoms with Crippen LogP contribution in [0, 0.1) is 5.82 Å². The van der Waals surface area contributed by atoms with E-state index in [4.69, 9.17) is 0 Å². The van der Waals surface area contributed by atoms with Crippen molar-refractivity contribution in [3.8, 4) is 0 Å². The highest BCUT2D eigenvalue weighted by molar-refractivity contribution is 6.44. The second kappa shape index (κ2) is 6.01. The Morgan fingerprint density at radius 2 is 1.62 bits per heavy atom. The van der Waals surface area contributed by atoms with Gasteiger partial charge in [0.15, 0.2) is 6.67 Å².